The van der Waals surface area contributed by atoms with Gasteiger partial charge in [-0.05, 0) is 58.2 Å². The summed E-state index contributed by atoms with van der Waals surface area (Å²) in [5.74, 6) is -3.02. The molecule has 2 saturated heterocycles. The summed E-state index contributed by atoms with van der Waals surface area (Å²) in [5, 5.41) is 19.3. The molecule has 2 N–H and O–H groups in total. The van der Waals surface area contributed by atoms with E-state index in [0.717, 1.165) is 32.4 Å². The molecule has 4 heterocycles. The Hall–Kier alpha value is -7.07. The van der Waals surface area contributed by atoms with Crippen LogP contribution in [0.25, 0.3) is 21.9 Å². The van der Waals surface area contributed by atoms with Crippen LogP contribution in [0.4, 0.5) is 10.5 Å². The van der Waals surface area contributed by atoms with Crippen molar-refractivity contribution in [3.05, 3.63) is 102 Å². The molecule has 1 atom stereocenters. The summed E-state index contributed by atoms with van der Waals surface area (Å²) in [6.45, 7) is 5.11. The number of likely N-dealkylation sites (tertiary alicyclic amines) is 1. The Morgan fingerprint density at radius 1 is 0.917 bits per heavy atom. The second-order valence-electron chi connectivity index (χ2n) is 14.9. The molecule has 0 radical (unpaired) electrons. The third-order valence-corrected chi connectivity index (χ3v) is 11.2. The molecule has 16 heteroatoms. The minimum atomic E-state index is -1.10. The number of carbonyl (C=O) groups is 7. The van der Waals surface area contributed by atoms with E-state index in [-0.39, 0.29) is 98.7 Å². The maximum atomic E-state index is 14.1. The van der Waals surface area contributed by atoms with Crippen LogP contribution in [0.1, 0.15) is 45.5 Å². The fourth-order valence-corrected chi connectivity index (χ4v) is 8.08. The van der Waals surface area contributed by atoms with Crippen molar-refractivity contribution in [3.8, 4) is 22.6 Å². The summed E-state index contributed by atoms with van der Waals surface area (Å²) < 4.78 is 11.6. The van der Waals surface area contributed by atoms with Crippen molar-refractivity contribution in [3.63, 3.8) is 0 Å². The Labute approximate surface area is 344 Å². The number of ether oxygens (including phenoxy) is 2. The topological polar surface area (TPSA) is 198 Å². The fourth-order valence-electron chi connectivity index (χ4n) is 8.08. The molecular formula is C44H41N6O10-. The monoisotopic (exact) mass is 813 g/mol. The number of carbonyl (C=O) groups excluding carboxylic acids is 7. The number of fused-ring (bicyclic) bond motifs is 3. The minimum absolute atomic E-state index is 0.00413. The second kappa shape index (κ2) is 16.7. The van der Waals surface area contributed by atoms with Crippen molar-refractivity contribution in [1.29, 1.82) is 0 Å². The van der Waals surface area contributed by atoms with E-state index in [1.165, 1.54) is 18.2 Å². The Kier molecular flexibility index (Phi) is 11.0. The van der Waals surface area contributed by atoms with Gasteiger partial charge in [-0.25, -0.2) is 4.79 Å². The van der Waals surface area contributed by atoms with Gasteiger partial charge in [0.2, 0.25) is 23.6 Å². The Morgan fingerprint density at radius 2 is 1.73 bits per heavy atom. The maximum Gasteiger partial charge on any atom is 0.325 e. The number of piperidine rings is 1. The number of nitrogens with one attached hydrogen (secondary N) is 2. The van der Waals surface area contributed by atoms with Crippen LogP contribution in [0, 0.1) is 0 Å². The van der Waals surface area contributed by atoms with Gasteiger partial charge >= 0.3 is 6.03 Å². The summed E-state index contributed by atoms with van der Waals surface area (Å²) in [7, 11) is 0. The molecule has 16 nitrogen and oxygen atoms in total. The Balaban J connectivity index is 0.860. The molecule has 8 amide bonds. The fraction of sp³-hybridized carbons (Fsp3) is 0.295. The molecule has 4 aromatic rings. The van der Waals surface area contributed by atoms with Crippen LogP contribution in [0.3, 0.4) is 0 Å². The van der Waals surface area contributed by atoms with E-state index < -0.39 is 29.7 Å². The largest absolute Gasteiger partial charge is 0.872 e. The van der Waals surface area contributed by atoms with Crippen LogP contribution in [0.5, 0.6) is 11.5 Å². The second-order valence-corrected chi connectivity index (χ2v) is 14.9. The number of imide groups is 2. The summed E-state index contributed by atoms with van der Waals surface area (Å²) in [6.07, 6.45) is 1.31. The third kappa shape index (κ3) is 7.64. The molecule has 0 bridgehead atoms. The SMILES string of the molecule is C=CC(=O)N1CC(N2Cc3ccc(-c4cc([O-])cc5ccccc45)cc3N(CCOCCC(=O)NCCOc3cccc4c3C(=O)N(C3CCC(=O)NC3=O)C4=O)C2=O)C1. The molecule has 4 aliphatic rings. The summed E-state index contributed by atoms with van der Waals surface area (Å²) in [4.78, 5) is 95.2. The van der Waals surface area contributed by atoms with Crippen molar-refractivity contribution in [2.75, 3.05) is 50.9 Å². The first-order chi connectivity index (χ1) is 29.0. The predicted octanol–water partition coefficient (Wildman–Crippen LogP) is 2.72. The average Bonchev–Trinajstić information content (AvgIpc) is 3.48. The standard InChI is InChI=1S/C44H42N6O10/c1-2-39(54)47-24-29(25-47)49-23-28-11-10-27(33-22-30(51)20-26-6-3-4-7-31(26)33)21-35(28)48(44(49)58)16-19-59-17-14-37(52)45-15-18-60-36-9-5-8-32-40(36)43(57)50(42(32)56)34-12-13-38(53)46-41(34)55/h2-11,20-22,29,34,51H,1,12-19,23-25H2,(H,45,52)(H,46,53,55)/p-1. The molecule has 8 rings (SSSR count). The Morgan fingerprint density at radius 3 is 2.53 bits per heavy atom. The van der Waals surface area contributed by atoms with Gasteiger partial charge < -0.3 is 29.7 Å². The lowest BCUT2D eigenvalue weighted by molar-refractivity contribution is -0.268. The van der Waals surface area contributed by atoms with Crippen LogP contribution in [0.2, 0.25) is 0 Å². The van der Waals surface area contributed by atoms with Crippen LogP contribution >= 0.6 is 0 Å². The zero-order valence-corrected chi connectivity index (χ0v) is 32.5. The minimum Gasteiger partial charge on any atom is -0.872 e. The lowest BCUT2D eigenvalue weighted by Gasteiger charge is -2.48. The molecule has 308 valence electrons. The van der Waals surface area contributed by atoms with Gasteiger partial charge in [-0.3, -0.25) is 43.9 Å². The van der Waals surface area contributed by atoms with E-state index in [4.69, 9.17) is 9.47 Å². The molecule has 2 fully saturated rings. The zero-order valence-electron chi connectivity index (χ0n) is 32.5. The lowest BCUT2D eigenvalue weighted by Crippen LogP contribution is -2.64. The average molecular weight is 814 g/mol. The van der Waals surface area contributed by atoms with Crippen molar-refractivity contribution in [1.82, 2.24) is 25.3 Å². The predicted molar refractivity (Wildman–Crippen MR) is 215 cm³/mol. The van der Waals surface area contributed by atoms with Crippen LogP contribution in [-0.2, 0) is 30.5 Å². The first kappa shape index (κ1) is 39.7. The number of urea groups is 1. The van der Waals surface area contributed by atoms with E-state index >= 15 is 0 Å². The molecule has 0 aromatic heterocycles. The van der Waals surface area contributed by atoms with E-state index in [1.54, 1.807) is 32.9 Å². The van der Waals surface area contributed by atoms with E-state index in [9.17, 15) is 38.7 Å². The van der Waals surface area contributed by atoms with Gasteiger partial charge in [0.25, 0.3) is 11.8 Å². The van der Waals surface area contributed by atoms with Crippen molar-refractivity contribution in [2.24, 2.45) is 0 Å². The van der Waals surface area contributed by atoms with Gasteiger partial charge in [0.1, 0.15) is 18.4 Å². The highest BCUT2D eigenvalue weighted by atomic mass is 16.5. The number of anilines is 1. The first-order valence-corrected chi connectivity index (χ1v) is 19.7. The van der Waals surface area contributed by atoms with Gasteiger partial charge in [0.15, 0.2) is 0 Å². The van der Waals surface area contributed by atoms with Gasteiger partial charge in [-0.2, -0.15) is 0 Å². The van der Waals surface area contributed by atoms with Crippen LogP contribution in [-0.4, -0.2) is 114 Å². The van der Waals surface area contributed by atoms with Gasteiger partial charge in [-0.1, -0.05) is 61.2 Å². The number of hydrogen-bond donors (Lipinski definition) is 2. The molecule has 0 saturated carbocycles. The Bertz CT molecular complexity index is 2460. The number of rotatable bonds is 14. The molecule has 0 aliphatic carbocycles. The number of hydrogen-bond acceptors (Lipinski definition) is 10. The van der Waals surface area contributed by atoms with Crippen LogP contribution < -0.4 is 25.4 Å². The van der Waals surface area contributed by atoms with Crippen molar-refractivity contribution < 1.29 is 48.1 Å². The number of benzene rings is 4. The highest BCUT2D eigenvalue weighted by Gasteiger charge is 2.46. The molecule has 4 aromatic carbocycles. The summed E-state index contributed by atoms with van der Waals surface area (Å²) in [5.41, 5.74) is 3.24. The number of nitrogens with zero attached hydrogens (tertiary/aromatic N) is 4. The molecule has 60 heavy (non-hydrogen) atoms. The van der Waals surface area contributed by atoms with Gasteiger partial charge in [-0.15, -0.1) is 5.75 Å². The smallest absolute Gasteiger partial charge is 0.325 e. The lowest BCUT2D eigenvalue weighted by atomic mass is 9.95. The van der Waals surface area contributed by atoms with Crippen molar-refractivity contribution >= 4 is 57.9 Å². The number of amides is 8. The quantitative estimate of drug-likeness (QED) is 0.109. The van der Waals surface area contributed by atoms with E-state index in [2.05, 4.69) is 17.2 Å². The maximum absolute atomic E-state index is 14.1. The van der Waals surface area contributed by atoms with Crippen molar-refractivity contribution in [2.45, 2.75) is 37.9 Å². The van der Waals surface area contributed by atoms with E-state index in [0.29, 0.717) is 25.3 Å². The summed E-state index contributed by atoms with van der Waals surface area (Å²) >= 11 is 0. The zero-order chi connectivity index (χ0) is 42.1. The third-order valence-electron chi connectivity index (χ3n) is 11.2. The normalized spacial score (nSPS) is 17.7. The molecular weight excluding hydrogens is 773 g/mol. The van der Waals surface area contributed by atoms with E-state index in [1.807, 2.05) is 42.5 Å². The molecule has 0 spiro atoms. The highest BCUT2D eigenvalue weighted by molar-refractivity contribution is 6.24. The van der Waals surface area contributed by atoms with Gasteiger partial charge in [0.05, 0.1) is 49.2 Å². The first-order valence-electron chi connectivity index (χ1n) is 19.7. The van der Waals surface area contributed by atoms with Gasteiger partial charge in [0, 0.05) is 32.5 Å². The highest BCUT2D eigenvalue weighted by Crippen LogP contribution is 2.39. The van der Waals surface area contributed by atoms with Crippen LogP contribution in [0.15, 0.2) is 85.5 Å². The molecule has 1 unspecified atom stereocenters. The summed E-state index contributed by atoms with van der Waals surface area (Å²) in [6, 6.07) is 19.7. The molecule has 4 aliphatic heterocycles.